The molecular weight excluding hydrogens is 317 g/mol. The van der Waals surface area contributed by atoms with Crippen molar-refractivity contribution in [3.05, 3.63) is 28.2 Å². The summed E-state index contributed by atoms with van der Waals surface area (Å²) in [5.41, 5.74) is 0. The average Bonchev–Trinajstić information content (AvgIpc) is 2.43. The van der Waals surface area contributed by atoms with Gasteiger partial charge in [0.15, 0.2) is 5.75 Å². The first-order valence-corrected chi connectivity index (χ1v) is 7.44. The van der Waals surface area contributed by atoms with Gasteiger partial charge in [-0.3, -0.25) is 9.69 Å². The van der Waals surface area contributed by atoms with Gasteiger partial charge in [0.1, 0.15) is 6.61 Å². The fraction of sp³-hybridized carbons (Fsp3) is 0.500. The molecule has 0 saturated carbocycles. The van der Waals surface area contributed by atoms with E-state index in [0.717, 1.165) is 0 Å². The maximum atomic E-state index is 10.8. The normalized spacial score (nSPS) is 19.4. The van der Waals surface area contributed by atoms with E-state index in [1.165, 1.54) is 0 Å². The number of benzene rings is 1. The van der Waals surface area contributed by atoms with Crippen molar-refractivity contribution in [1.29, 1.82) is 0 Å². The Morgan fingerprint density at radius 3 is 2.81 bits per heavy atom. The number of carboxylic acid groups (broad SMARTS) is 1. The third kappa shape index (κ3) is 4.74. The van der Waals surface area contributed by atoms with E-state index < -0.39 is 5.97 Å². The van der Waals surface area contributed by atoms with Crippen molar-refractivity contribution in [3.8, 4) is 5.75 Å². The van der Waals surface area contributed by atoms with Gasteiger partial charge in [0, 0.05) is 19.1 Å². The Kier molecular flexibility index (Phi) is 6.11. The van der Waals surface area contributed by atoms with E-state index in [9.17, 15) is 4.79 Å². The number of halogens is 2. The van der Waals surface area contributed by atoms with Crippen LogP contribution in [0.4, 0.5) is 0 Å². The largest absolute Gasteiger partial charge is 0.489 e. The molecule has 1 heterocycles. The summed E-state index contributed by atoms with van der Waals surface area (Å²) in [6.45, 7) is 2.71. The van der Waals surface area contributed by atoms with Gasteiger partial charge in [-0.2, -0.15) is 0 Å². The number of rotatable bonds is 6. The molecule has 1 aromatic rings. The Bertz CT molecular complexity index is 478. The SMILES string of the molecule is O=C(O)CC1COCCN1CCOc1c(Cl)cccc1Cl. The van der Waals surface area contributed by atoms with E-state index in [0.29, 0.717) is 48.7 Å². The summed E-state index contributed by atoms with van der Waals surface area (Å²) in [5, 5.41) is 9.84. The van der Waals surface area contributed by atoms with Gasteiger partial charge >= 0.3 is 5.97 Å². The summed E-state index contributed by atoms with van der Waals surface area (Å²) in [5.74, 6) is -0.366. The lowest BCUT2D eigenvalue weighted by Gasteiger charge is -2.34. The molecule has 116 valence electrons. The molecule has 0 aliphatic carbocycles. The molecule has 1 aromatic carbocycles. The Labute approximate surface area is 133 Å². The minimum Gasteiger partial charge on any atom is -0.489 e. The molecule has 1 N–H and O–H groups in total. The molecule has 0 amide bonds. The summed E-state index contributed by atoms with van der Waals surface area (Å²) >= 11 is 12.1. The molecule has 0 radical (unpaired) electrons. The van der Waals surface area contributed by atoms with E-state index in [4.69, 9.17) is 37.8 Å². The molecule has 0 spiro atoms. The molecule has 7 heteroatoms. The number of carboxylic acids is 1. The van der Waals surface area contributed by atoms with Crippen LogP contribution in [-0.2, 0) is 9.53 Å². The van der Waals surface area contributed by atoms with Gasteiger partial charge in [0.2, 0.25) is 0 Å². The maximum absolute atomic E-state index is 10.8. The van der Waals surface area contributed by atoms with Crippen LogP contribution < -0.4 is 4.74 Å². The molecule has 1 unspecified atom stereocenters. The van der Waals surface area contributed by atoms with Gasteiger partial charge in [0.05, 0.1) is 29.7 Å². The first kappa shape index (κ1) is 16.4. The standard InChI is InChI=1S/C14H17Cl2NO4/c15-11-2-1-3-12(16)14(11)21-7-5-17-4-6-20-9-10(17)8-13(18)19/h1-3,10H,4-9H2,(H,18,19). The number of morpholine rings is 1. The zero-order valence-electron chi connectivity index (χ0n) is 11.4. The zero-order valence-corrected chi connectivity index (χ0v) is 12.9. The first-order valence-electron chi connectivity index (χ1n) is 6.68. The molecule has 1 fully saturated rings. The quantitative estimate of drug-likeness (QED) is 0.866. The van der Waals surface area contributed by atoms with Crippen LogP contribution in [0.25, 0.3) is 0 Å². The van der Waals surface area contributed by atoms with Crippen LogP contribution in [0.15, 0.2) is 18.2 Å². The van der Waals surface area contributed by atoms with Crippen LogP contribution in [0, 0.1) is 0 Å². The number of hydrogen-bond acceptors (Lipinski definition) is 4. The zero-order chi connectivity index (χ0) is 15.2. The van der Waals surface area contributed by atoms with Gasteiger partial charge in [0.25, 0.3) is 0 Å². The summed E-state index contributed by atoms with van der Waals surface area (Å²) in [6, 6.07) is 5.05. The van der Waals surface area contributed by atoms with Crippen molar-refractivity contribution >= 4 is 29.2 Å². The minimum atomic E-state index is -0.828. The molecule has 5 nitrogen and oxygen atoms in total. The number of hydrogen-bond donors (Lipinski definition) is 1. The van der Waals surface area contributed by atoms with Gasteiger partial charge in [-0.05, 0) is 12.1 Å². The molecule has 0 bridgehead atoms. The van der Waals surface area contributed by atoms with Crippen molar-refractivity contribution in [3.63, 3.8) is 0 Å². The number of carbonyl (C=O) groups is 1. The van der Waals surface area contributed by atoms with E-state index >= 15 is 0 Å². The van der Waals surface area contributed by atoms with E-state index in [1.807, 2.05) is 0 Å². The maximum Gasteiger partial charge on any atom is 0.305 e. The summed E-state index contributed by atoms with van der Waals surface area (Å²) in [7, 11) is 0. The third-order valence-corrected chi connectivity index (χ3v) is 3.90. The Morgan fingerprint density at radius 2 is 2.14 bits per heavy atom. The molecule has 1 saturated heterocycles. The van der Waals surface area contributed by atoms with Gasteiger partial charge < -0.3 is 14.6 Å². The van der Waals surface area contributed by atoms with Crippen molar-refractivity contribution < 1.29 is 19.4 Å². The second kappa shape index (κ2) is 7.84. The van der Waals surface area contributed by atoms with E-state index in [1.54, 1.807) is 18.2 Å². The predicted molar refractivity (Wildman–Crippen MR) is 80.4 cm³/mol. The molecular formula is C14H17Cl2NO4. The minimum absolute atomic E-state index is 0.0624. The van der Waals surface area contributed by atoms with Crippen molar-refractivity contribution in [2.45, 2.75) is 12.5 Å². The van der Waals surface area contributed by atoms with Crippen LogP contribution in [0.3, 0.4) is 0 Å². The first-order chi connectivity index (χ1) is 10.1. The van der Waals surface area contributed by atoms with Gasteiger partial charge in [-0.1, -0.05) is 29.3 Å². The fourth-order valence-electron chi connectivity index (χ4n) is 2.26. The van der Waals surface area contributed by atoms with Gasteiger partial charge in [-0.25, -0.2) is 0 Å². The lowest BCUT2D eigenvalue weighted by Crippen LogP contribution is -2.47. The highest BCUT2D eigenvalue weighted by molar-refractivity contribution is 6.37. The average molecular weight is 334 g/mol. The second-order valence-electron chi connectivity index (χ2n) is 4.76. The highest BCUT2D eigenvalue weighted by atomic mass is 35.5. The van der Waals surface area contributed by atoms with Crippen LogP contribution >= 0.6 is 23.2 Å². The summed E-state index contributed by atoms with van der Waals surface area (Å²) < 4.78 is 11.0. The Balaban J connectivity index is 1.87. The molecule has 0 aromatic heterocycles. The summed E-state index contributed by atoms with van der Waals surface area (Å²) in [6.07, 6.45) is 0.0624. The van der Waals surface area contributed by atoms with E-state index in [-0.39, 0.29) is 12.5 Å². The van der Waals surface area contributed by atoms with Crippen molar-refractivity contribution in [2.24, 2.45) is 0 Å². The lowest BCUT2D eigenvalue weighted by atomic mass is 10.1. The van der Waals surface area contributed by atoms with Crippen LogP contribution in [-0.4, -0.2) is 54.9 Å². The van der Waals surface area contributed by atoms with Gasteiger partial charge in [-0.15, -0.1) is 0 Å². The molecule has 1 aliphatic heterocycles. The number of ether oxygens (including phenoxy) is 2. The molecule has 1 aliphatic rings. The molecule has 2 rings (SSSR count). The monoisotopic (exact) mass is 333 g/mol. The number of para-hydroxylation sites is 1. The van der Waals surface area contributed by atoms with Crippen LogP contribution in [0.1, 0.15) is 6.42 Å². The topological polar surface area (TPSA) is 59.0 Å². The third-order valence-electron chi connectivity index (χ3n) is 3.30. The van der Waals surface area contributed by atoms with Crippen molar-refractivity contribution in [2.75, 3.05) is 32.9 Å². The lowest BCUT2D eigenvalue weighted by molar-refractivity contribution is -0.140. The van der Waals surface area contributed by atoms with E-state index in [2.05, 4.69) is 4.90 Å². The second-order valence-corrected chi connectivity index (χ2v) is 5.58. The van der Waals surface area contributed by atoms with Crippen LogP contribution in [0.5, 0.6) is 5.75 Å². The molecule has 21 heavy (non-hydrogen) atoms. The highest BCUT2D eigenvalue weighted by Crippen LogP contribution is 2.32. The summed E-state index contributed by atoms with van der Waals surface area (Å²) in [4.78, 5) is 12.9. The fourth-order valence-corrected chi connectivity index (χ4v) is 2.77. The van der Waals surface area contributed by atoms with Crippen LogP contribution in [0.2, 0.25) is 10.0 Å². The number of nitrogens with zero attached hydrogens (tertiary/aromatic N) is 1. The Morgan fingerprint density at radius 1 is 1.43 bits per heavy atom. The smallest absolute Gasteiger partial charge is 0.305 e. The number of aliphatic carboxylic acids is 1. The Hall–Kier alpha value is -1.01. The molecule has 1 atom stereocenters. The van der Waals surface area contributed by atoms with Crippen molar-refractivity contribution in [1.82, 2.24) is 4.90 Å². The highest BCUT2D eigenvalue weighted by Gasteiger charge is 2.25. The predicted octanol–water partition coefficient (Wildman–Crippen LogP) is 2.55.